The van der Waals surface area contributed by atoms with Crippen molar-refractivity contribution in [3.8, 4) is 11.4 Å². The zero-order valence-electron chi connectivity index (χ0n) is 16.6. The predicted octanol–water partition coefficient (Wildman–Crippen LogP) is 4.39. The van der Waals surface area contributed by atoms with Gasteiger partial charge in [0.15, 0.2) is 0 Å². The molecule has 0 bridgehead atoms. The van der Waals surface area contributed by atoms with Crippen molar-refractivity contribution in [2.75, 3.05) is 7.11 Å². The number of benzene rings is 2. The van der Waals surface area contributed by atoms with Crippen LogP contribution in [0.3, 0.4) is 0 Å². The lowest BCUT2D eigenvalue weighted by atomic mass is 10.1. The molecule has 3 aromatic rings. The molecule has 5 heteroatoms. The molecule has 0 saturated heterocycles. The van der Waals surface area contributed by atoms with Crippen molar-refractivity contribution in [3.05, 3.63) is 83.2 Å². The molecule has 1 heterocycles. The van der Waals surface area contributed by atoms with E-state index in [0.29, 0.717) is 0 Å². The van der Waals surface area contributed by atoms with E-state index >= 15 is 0 Å². The maximum atomic E-state index is 12.4. The molecule has 1 N–H and O–H groups in total. The van der Waals surface area contributed by atoms with Gasteiger partial charge in [-0.1, -0.05) is 36.4 Å². The van der Waals surface area contributed by atoms with Gasteiger partial charge in [-0.2, -0.15) is 5.10 Å². The summed E-state index contributed by atoms with van der Waals surface area (Å²) in [6.07, 6.45) is 3.37. The van der Waals surface area contributed by atoms with Gasteiger partial charge in [0, 0.05) is 22.9 Å². The van der Waals surface area contributed by atoms with Crippen LogP contribution in [-0.2, 0) is 4.79 Å². The van der Waals surface area contributed by atoms with Gasteiger partial charge < -0.3 is 10.1 Å². The van der Waals surface area contributed by atoms with Gasteiger partial charge in [0.05, 0.1) is 24.5 Å². The summed E-state index contributed by atoms with van der Waals surface area (Å²) >= 11 is 0. The van der Waals surface area contributed by atoms with Gasteiger partial charge in [0.25, 0.3) is 0 Å². The van der Waals surface area contributed by atoms with Crippen molar-refractivity contribution in [3.63, 3.8) is 0 Å². The smallest absolute Gasteiger partial charge is 0.244 e. The number of carbonyl (C=O) groups is 1. The number of methoxy groups -OCH3 is 1. The number of nitrogens with one attached hydrogen (secondary N) is 1. The van der Waals surface area contributed by atoms with Gasteiger partial charge in [-0.3, -0.25) is 4.79 Å². The highest BCUT2D eigenvalue weighted by Crippen LogP contribution is 2.24. The number of hydrogen-bond acceptors (Lipinski definition) is 3. The van der Waals surface area contributed by atoms with E-state index in [9.17, 15) is 4.79 Å². The molecule has 28 heavy (non-hydrogen) atoms. The van der Waals surface area contributed by atoms with E-state index in [1.165, 1.54) is 0 Å². The van der Waals surface area contributed by atoms with Crippen LogP contribution in [0.5, 0.6) is 5.75 Å². The number of rotatable bonds is 6. The summed E-state index contributed by atoms with van der Waals surface area (Å²) in [5.74, 6) is 0.597. The van der Waals surface area contributed by atoms with Gasteiger partial charge >= 0.3 is 0 Å². The minimum Gasteiger partial charge on any atom is -0.496 e. The van der Waals surface area contributed by atoms with Gasteiger partial charge in [-0.15, -0.1) is 0 Å². The highest BCUT2D eigenvalue weighted by molar-refractivity contribution is 5.92. The Hall–Kier alpha value is -3.34. The van der Waals surface area contributed by atoms with Crippen LogP contribution in [0.15, 0.2) is 60.7 Å². The molecule has 2 aromatic carbocycles. The lowest BCUT2D eigenvalue weighted by molar-refractivity contribution is -0.117. The second-order valence-electron chi connectivity index (χ2n) is 6.64. The van der Waals surface area contributed by atoms with Crippen molar-refractivity contribution in [1.82, 2.24) is 15.1 Å². The Morgan fingerprint density at radius 2 is 1.79 bits per heavy atom. The first-order valence-electron chi connectivity index (χ1n) is 9.24. The van der Waals surface area contributed by atoms with Crippen molar-refractivity contribution in [2.24, 2.45) is 0 Å². The quantitative estimate of drug-likeness (QED) is 0.650. The van der Waals surface area contributed by atoms with Crippen molar-refractivity contribution < 1.29 is 9.53 Å². The second-order valence-corrected chi connectivity index (χ2v) is 6.64. The van der Waals surface area contributed by atoms with E-state index in [1.54, 1.807) is 13.2 Å². The SMILES string of the molecule is COc1ccccc1C(C)NC(=O)/C=C/c1c(C)nn(-c2ccccc2)c1C. The number of ether oxygens (including phenoxy) is 1. The molecular formula is C23H25N3O2. The van der Waals surface area contributed by atoms with E-state index in [4.69, 9.17) is 4.74 Å². The van der Waals surface area contributed by atoms with Gasteiger partial charge in [0.2, 0.25) is 5.91 Å². The summed E-state index contributed by atoms with van der Waals surface area (Å²) in [5.41, 5.74) is 4.76. The first kappa shape index (κ1) is 19.4. The standard InChI is InChI=1S/C23H25N3O2/c1-16(21-12-8-9-13-22(21)28-4)24-23(27)15-14-20-17(2)25-26(18(20)3)19-10-6-5-7-11-19/h5-16H,1-4H3,(H,24,27)/b15-14+. The number of aryl methyl sites for hydroxylation is 1. The summed E-state index contributed by atoms with van der Waals surface area (Å²) < 4.78 is 7.27. The molecule has 1 atom stereocenters. The highest BCUT2D eigenvalue weighted by atomic mass is 16.5. The number of amides is 1. The molecule has 0 saturated carbocycles. The number of para-hydroxylation sites is 2. The molecule has 0 radical (unpaired) electrons. The van der Waals surface area contributed by atoms with E-state index in [1.807, 2.05) is 86.1 Å². The monoisotopic (exact) mass is 375 g/mol. The third-order valence-corrected chi connectivity index (χ3v) is 4.71. The summed E-state index contributed by atoms with van der Waals surface area (Å²) in [4.78, 5) is 12.4. The summed E-state index contributed by atoms with van der Waals surface area (Å²) in [6, 6.07) is 17.5. The van der Waals surface area contributed by atoms with E-state index in [2.05, 4.69) is 10.4 Å². The molecule has 0 spiro atoms. The van der Waals surface area contributed by atoms with Gasteiger partial charge in [-0.25, -0.2) is 4.68 Å². The van der Waals surface area contributed by atoms with Gasteiger partial charge in [0.1, 0.15) is 5.75 Å². The van der Waals surface area contributed by atoms with Crippen LogP contribution in [-0.4, -0.2) is 22.8 Å². The topological polar surface area (TPSA) is 56.1 Å². The number of nitrogens with zero attached hydrogens (tertiary/aromatic N) is 2. The van der Waals surface area contributed by atoms with E-state index in [0.717, 1.165) is 34.0 Å². The molecule has 0 aliphatic carbocycles. The Balaban J connectivity index is 1.75. The predicted molar refractivity (Wildman–Crippen MR) is 112 cm³/mol. The molecule has 1 unspecified atom stereocenters. The maximum absolute atomic E-state index is 12.4. The third kappa shape index (κ3) is 4.14. The van der Waals surface area contributed by atoms with Crippen molar-refractivity contribution in [2.45, 2.75) is 26.8 Å². The van der Waals surface area contributed by atoms with Crippen LogP contribution >= 0.6 is 0 Å². The number of aromatic nitrogens is 2. The number of hydrogen-bond donors (Lipinski definition) is 1. The van der Waals surface area contributed by atoms with Crippen LogP contribution in [0.2, 0.25) is 0 Å². The fourth-order valence-corrected chi connectivity index (χ4v) is 3.24. The fourth-order valence-electron chi connectivity index (χ4n) is 3.24. The Kier molecular flexibility index (Phi) is 5.94. The lowest BCUT2D eigenvalue weighted by Crippen LogP contribution is -2.25. The Morgan fingerprint density at radius 3 is 2.50 bits per heavy atom. The molecule has 1 aromatic heterocycles. The van der Waals surface area contributed by atoms with Crippen LogP contribution < -0.4 is 10.1 Å². The van der Waals surface area contributed by atoms with Crippen molar-refractivity contribution >= 4 is 12.0 Å². The van der Waals surface area contributed by atoms with Crippen LogP contribution in [0.25, 0.3) is 11.8 Å². The zero-order valence-corrected chi connectivity index (χ0v) is 16.6. The molecule has 1 amide bonds. The second kappa shape index (κ2) is 8.57. The molecule has 144 valence electrons. The Labute approximate surface area is 165 Å². The van der Waals surface area contributed by atoms with Crippen LogP contribution in [0.4, 0.5) is 0 Å². The minimum atomic E-state index is -0.164. The molecule has 0 aliphatic rings. The fraction of sp³-hybridized carbons (Fsp3) is 0.217. The normalized spacial score (nSPS) is 12.1. The van der Waals surface area contributed by atoms with Crippen LogP contribution in [0, 0.1) is 13.8 Å². The largest absolute Gasteiger partial charge is 0.496 e. The average molecular weight is 375 g/mol. The molecule has 0 fully saturated rings. The molecule has 0 aliphatic heterocycles. The van der Waals surface area contributed by atoms with E-state index < -0.39 is 0 Å². The first-order chi connectivity index (χ1) is 13.5. The lowest BCUT2D eigenvalue weighted by Gasteiger charge is -2.16. The molecule has 3 rings (SSSR count). The van der Waals surface area contributed by atoms with Gasteiger partial charge in [-0.05, 0) is 45.0 Å². The van der Waals surface area contributed by atoms with Crippen molar-refractivity contribution in [1.29, 1.82) is 0 Å². The van der Waals surface area contributed by atoms with E-state index in [-0.39, 0.29) is 11.9 Å². The minimum absolute atomic E-state index is 0.162. The zero-order chi connectivity index (χ0) is 20.1. The summed E-state index contributed by atoms with van der Waals surface area (Å²) in [6.45, 7) is 5.89. The summed E-state index contributed by atoms with van der Waals surface area (Å²) in [7, 11) is 1.63. The molecule has 5 nitrogen and oxygen atoms in total. The first-order valence-corrected chi connectivity index (χ1v) is 9.24. The third-order valence-electron chi connectivity index (χ3n) is 4.71. The maximum Gasteiger partial charge on any atom is 0.244 e. The average Bonchev–Trinajstić information content (AvgIpc) is 3.00. The summed E-state index contributed by atoms with van der Waals surface area (Å²) in [5, 5.41) is 7.59. The molecular weight excluding hydrogens is 350 g/mol. The number of carbonyl (C=O) groups excluding carboxylic acids is 1. The Morgan fingerprint density at radius 1 is 1.11 bits per heavy atom. The van der Waals surface area contributed by atoms with Crippen LogP contribution in [0.1, 0.15) is 35.5 Å². The highest BCUT2D eigenvalue weighted by Gasteiger charge is 2.13. The Bertz CT molecular complexity index is 990.